The highest BCUT2D eigenvalue weighted by Gasteiger charge is 2.14. The Kier molecular flexibility index (Phi) is 5.12. The van der Waals surface area contributed by atoms with Crippen LogP contribution in [0.3, 0.4) is 0 Å². The molecule has 0 saturated heterocycles. The molecule has 23 heavy (non-hydrogen) atoms. The van der Waals surface area contributed by atoms with Crippen LogP contribution in [0, 0.1) is 5.82 Å². The molecular weight excluding hydrogens is 323 g/mol. The molecule has 1 amide bonds. The minimum absolute atomic E-state index is 0.0788. The second kappa shape index (κ2) is 7.05. The van der Waals surface area contributed by atoms with Crippen molar-refractivity contribution in [3.05, 3.63) is 46.0 Å². The second-order valence-corrected chi connectivity index (χ2v) is 5.55. The van der Waals surface area contributed by atoms with Gasteiger partial charge in [-0.2, -0.15) is 0 Å². The van der Waals surface area contributed by atoms with E-state index in [0.717, 1.165) is 23.9 Å². The molecule has 7 nitrogen and oxygen atoms in total. The summed E-state index contributed by atoms with van der Waals surface area (Å²) in [6.07, 6.45) is 0. The molecule has 4 N–H and O–H groups in total. The number of nitrogen functional groups attached to an aromatic ring is 1. The van der Waals surface area contributed by atoms with Crippen molar-refractivity contribution in [2.24, 2.45) is 0 Å². The van der Waals surface area contributed by atoms with Crippen molar-refractivity contribution in [3.63, 3.8) is 0 Å². The highest BCUT2D eigenvalue weighted by molar-refractivity contribution is 7.99. The minimum Gasteiger partial charge on any atom is -0.382 e. The molecule has 9 heteroatoms. The fraction of sp³-hybridized carbons (Fsp3) is 0.143. The van der Waals surface area contributed by atoms with Crippen LogP contribution in [0.4, 0.5) is 15.9 Å². The molecule has 0 fully saturated rings. The van der Waals surface area contributed by atoms with Gasteiger partial charge in [0, 0.05) is 5.56 Å². The lowest BCUT2D eigenvalue weighted by molar-refractivity contribution is -0.114. The number of halogens is 1. The zero-order chi connectivity index (χ0) is 17.0. The largest absolute Gasteiger partial charge is 0.382 e. The van der Waals surface area contributed by atoms with Gasteiger partial charge in [0.2, 0.25) is 0 Å². The number of thioether (sulfide) groups is 1. The molecule has 0 unspecified atom stereocenters. The Morgan fingerprint density at radius 3 is 2.57 bits per heavy atom. The number of amides is 1. The molecule has 2 aromatic rings. The average molecular weight is 336 g/mol. The van der Waals surface area contributed by atoms with Gasteiger partial charge in [-0.15, -0.1) is 0 Å². The summed E-state index contributed by atoms with van der Waals surface area (Å²) < 4.78 is 12.8. The summed E-state index contributed by atoms with van der Waals surface area (Å²) in [7, 11) is 0. The van der Waals surface area contributed by atoms with Crippen LogP contribution in [0.1, 0.15) is 17.3 Å². The Bertz CT molecular complexity index is 805. The summed E-state index contributed by atoms with van der Waals surface area (Å²) >= 11 is 1.03. The highest BCUT2D eigenvalue weighted by Crippen LogP contribution is 2.17. The molecule has 0 atom stereocenters. The van der Waals surface area contributed by atoms with Crippen LogP contribution in [-0.2, 0) is 4.79 Å². The fourth-order valence-electron chi connectivity index (χ4n) is 1.62. The first-order chi connectivity index (χ1) is 10.9. The molecule has 0 aliphatic carbocycles. The van der Waals surface area contributed by atoms with Gasteiger partial charge in [0.25, 0.3) is 11.5 Å². The number of anilines is 2. The smallest absolute Gasteiger partial charge is 0.277 e. The fourth-order valence-corrected chi connectivity index (χ4v) is 2.28. The first kappa shape index (κ1) is 16.7. The molecule has 0 radical (unpaired) electrons. The SMILES string of the molecule is CC(=O)CSc1nc(N)c(NC(=O)c2ccc(F)cc2)c(=O)[nH]1. The normalized spacial score (nSPS) is 10.3. The van der Waals surface area contributed by atoms with Gasteiger partial charge in [-0.3, -0.25) is 19.4 Å². The molecule has 0 aliphatic rings. The molecule has 120 valence electrons. The lowest BCUT2D eigenvalue weighted by atomic mass is 10.2. The Hall–Kier alpha value is -2.68. The highest BCUT2D eigenvalue weighted by atomic mass is 32.2. The van der Waals surface area contributed by atoms with Crippen molar-refractivity contribution in [2.75, 3.05) is 16.8 Å². The van der Waals surface area contributed by atoms with Gasteiger partial charge in [0.15, 0.2) is 11.0 Å². The van der Waals surface area contributed by atoms with E-state index in [0.29, 0.717) is 0 Å². The van der Waals surface area contributed by atoms with Gasteiger partial charge < -0.3 is 11.1 Å². The number of hydrogen-bond acceptors (Lipinski definition) is 6. The van der Waals surface area contributed by atoms with E-state index in [1.54, 1.807) is 0 Å². The molecule has 0 saturated carbocycles. The summed E-state index contributed by atoms with van der Waals surface area (Å²) in [5.41, 5.74) is 5.00. The number of rotatable bonds is 5. The molecular formula is C14H13FN4O3S. The zero-order valence-electron chi connectivity index (χ0n) is 12.1. The second-order valence-electron chi connectivity index (χ2n) is 4.58. The van der Waals surface area contributed by atoms with Gasteiger partial charge in [0.1, 0.15) is 17.3 Å². The van der Waals surface area contributed by atoms with Crippen LogP contribution in [-0.4, -0.2) is 27.4 Å². The van der Waals surface area contributed by atoms with Crippen molar-refractivity contribution >= 4 is 35.0 Å². The van der Waals surface area contributed by atoms with Gasteiger partial charge in [0.05, 0.1) is 5.75 Å². The standard InChI is InChI=1S/C14H13FN4O3S/c1-7(20)6-23-14-18-11(16)10(13(22)19-14)17-12(21)8-2-4-9(15)5-3-8/h2-5H,6H2,1H3,(H,17,21)(H3,16,18,19,22). The Morgan fingerprint density at radius 2 is 2.00 bits per heavy atom. The third-order valence-corrected chi connectivity index (χ3v) is 3.70. The van der Waals surface area contributed by atoms with Crippen LogP contribution >= 0.6 is 11.8 Å². The van der Waals surface area contributed by atoms with E-state index in [-0.39, 0.29) is 33.8 Å². The van der Waals surface area contributed by atoms with Gasteiger partial charge in [-0.1, -0.05) is 11.8 Å². The molecule has 1 heterocycles. The summed E-state index contributed by atoms with van der Waals surface area (Å²) in [6.45, 7) is 1.41. The summed E-state index contributed by atoms with van der Waals surface area (Å²) in [5.74, 6) is -1.20. The predicted molar refractivity (Wildman–Crippen MR) is 85.0 cm³/mol. The van der Waals surface area contributed by atoms with E-state index < -0.39 is 17.3 Å². The van der Waals surface area contributed by atoms with E-state index in [2.05, 4.69) is 15.3 Å². The number of aromatic amines is 1. The van der Waals surface area contributed by atoms with E-state index in [1.165, 1.54) is 19.1 Å². The van der Waals surface area contributed by atoms with Crippen molar-refractivity contribution < 1.29 is 14.0 Å². The number of H-pyrrole nitrogens is 1. The van der Waals surface area contributed by atoms with Crippen molar-refractivity contribution in [1.29, 1.82) is 0 Å². The van der Waals surface area contributed by atoms with Gasteiger partial charge in [-0.25, -0.2) is 9.37 Å². The third-order valence-electron chi connectivity index (χ3n) is 2.68. The van der Waals surface area contributed by atoms with E-state index in [9.17, 15) is 18.8 Å². The van der Waals surface area contributed by atoms with Crippen LogP contribution in [0.15, 0.2) is 34.2 Å². The number of carbonyl (C=O) groups is 2. The van der Waals surface area contributed by atoms with Crippen LogP contribution in [0.2, 0.25) is 0 Å². The molecule has 1 aromatic carbocycles. The minimum atomic E-state index is -0.640. The van der Waals surface area contributed by atoms with Gasteiger partial charge in [-0.05, 0) is 31.2 Å². The maximum Gasteiger partial charge on any atom is 0.277 e. The number of nitrogens with two attached hydrogens (primary N) is 1. The molecule has 0 spiro atoms. The number of nitrogens with zero attached hydrogens (tertiary/aromatic N) is 1. The lowest BCUT2D eigenvalue weighted by Gasteiger charge is -2.08. The maximum atomic E-state index is 12.8. The quantitative estimate of drug-likeness (QED) is 0.561. The Balaban J connectivity index is 2.20. The Morgan fingerprint density at radius 1 is 1.35 bits per heavy atom. The van der Waals surface area contributed by atoms with E-state index >= 15 is 0 Å². The lowest BCUT2D eigenvalue weighted by Crippen LogP contribution is -2.23. The molecule has 0 bridgehead atoms. The van der Waals surface area contributed by atoms with Gasteiger partial charge >= 0.3 is 0 Å². The van der Waals surface area contributed by atoms with Crippen molar-refractivity contribution in [3.8, 4) is 0 Å². The first-order valence-corrected chi connectivity index (χ1v) is 7.44. The number of benzene rings is 1. The maximum absolute atomic E-state index is 12.8. The van der Waals surface area contributed by atoms with E-state index in [1.807, 2.05) is 0 Å². The van der Waals surface area contributed by atoms with Crippen LogP contribution in [0.25, 0.3) is 0 Å². The number of ketones is 1. The summed E-state index contributed by atoms with van der Waals surface area (Å²) in [4.78, 5) is 41.3. The van der Waals surface area contributed by atoms with E-state index in [4.69, 9.17) is 5.73 Å². The topological polar surface area (TPSA) is 118 Å². The van der Waals surface area contributed by atoms with Crippen LogP contribution in [0.5, 0.6) is 0 Å². The molecule has 1 aromatic heterocycles. The number of Topliss-reactive ketones (excluding diaryl/α,β-unsaturated/α-hetero) is 1. The summed E-state index contributed by atoms with van der Waals surface area (Å²) in [6, 6.07) is 4.81. The Labute approximate surface area is 134 Å². The summed E-state index contributed by atoms with van der Waals surface area (Å²) in [5, 5.41) is 2.52. The zero-order valence-corrected chi connectivity index (χ0v) is 12.9. The molecule has 2 rings (SSSR count). The van der Waals surface area contributed by atoms with Crippen LogP contribution < -0.4 is 16.6 Å². The average Bonchev–Trinajstić information content (AvgIpc) is 2.49. The number of hydrogen-bond donors (Lipinski definition) is 3. The third kappa shape index (κ3) is 4.39. The van der Waals surface area contributed by atoms with Crippen molar-refractivity contribution in [1.82, 2.24) is 9.97 Å². The number of nitrogens with one attached hydrogen (secondary N) is 2. The predicted octanol–water partition coefficient (Wildman–Crippen LogP) is 1.42. The first-order valence-electron chi connectivity index (χ1n) is 6.45. The molecule has 0 aliphatic heterocycles. The van der Waals surface area contributed by atoms with Crippen molar-refractivity contribution in [2.45, 2.75) is 12.1 Å². The number of aromatic nitrogens is 2. The number of carbonyl (C=O) groups excluding carboxylic acids is 2. The monoisotopic (exact) mass is 336 g/mol.